The Hall–Kier alpha value is -2.72. The van der Waals surface area contributed by atoms with Gasteiger partial charge in [-0.25, -0.2) is 8.78 Å². The van der Waals surface area contributed by atoms with Crippen molar-refractivity contribution < 1.29 is 18.3 Å². The molecule has 0 aliphatic heterocycles. The number of rotatable bonds is 6. The summed E-state index contributed by atoms with van der Waals surface area (Å²) in [6.07, 6.45) is 4.13. The lowest BCUT2D eigenvalue weighted by molar-refractivity contribution is -0.140. The molecule has 0 saturated heterocycles. The lowest BCUT2D eigenvalue weighted by Crippen LogP contribution is -2.25. The number of halogens is 3. The van der Waals surface area contributed by atoms with Gasteiger partial charge in [0.2, 0.25) is 0 Å². The van der Waals surface area contributed by atoms with Crippen molar-refractivity contribution in [3.63, 3.8) is 0 Å². The minimum atomic E-state index is -0.940. The Kier molecular flexibility index (Phi) is 7.44. The van der Waals surface area contributed by atoms with Gasteiger partial charge in [0.05, 0.1) is 5.92 Å². The van der Waals surface area contributed by atoms with Gasteiger partial charge in [-0.05, 0) is 60.6 Å². The quantitative estimate of drug-likeness (QED) is 0.209. The third-order valence-corrected chi connectivity index (χ3v) is 6.96. The summed E-state index contributed by atoms with van der Waals surface area (Å²) in [6.45, 7) is 2.25. The highest BCUT2D eigenvalue weighted by atomic mass is 35.5. The molecule has 4 rings (SSSR count). The summed E-state index contributed by atoms with van der Waals surface area (Å²) in [4.78, 5) is 12.5. The number of carbonyl (C=O) groups excluding carboxylic acids is 1. The zero-order valence-corrected chi connectivity index (χ0v) is 19.3. The van der Waals surface area contributed by atoms with Crippen molar-refractivity contribution >= 4 is 17.6 Å². The Labute approximate surface area is 198 Å². The van der Waals surface area contributed by atoms with E-state index >= 15 is 0 Å². The van der Waals surface area contributed by atoms with E-state index in [2.05, 4.69) is 55.5 Å². The lowest BCUT2D eigenvalue weighted by atomic mass is 9.78. The minimum absolute atomic E-state index is 0.151. The van der Waals surface area contributed by atoms with Gasteiger partial charge in [-0.1, -0.05) is 73.1 Å². The first kappa shape index (κ1) is 23.4. The van der Waals surface area contributed by atoms with E-state index in [4.69, 9.17) is 16.3 Å². The SMILES string of the molecule is C[C@@H](Cc1ccc(C2CCC(C(=O)Oc3cc(F)c(Cl)c(F)c3)CC2)cc1)c1ccccc1. The van der Waals surface area contributed by atoms with Crippen molar-refractivity contribution in [1.29, 1.82) is 0 Å². The van der Waals surface area contributed by atoms with Crippen LogP contribution in [0.1, 0.15) is 61.1 Å². The van der Waals surface area contributed by atoms with E-state index in [9.17, 15) is 13.6 Å². The standard InChI is InChI=1S/C28H27ClF2O2/c1-18(20-5-3-2-4-6-20)15-19-7-9-21(10-8-19)22-11-13-23(14-12-22)28(32)33-24-16-25(30)27(29)26(31)17-24/h2-10,16-18,22-23H,11-15H2,1H3/t18-,22?,23?/m0/s1. The van der Waals surface area contributed by atoms with Crippen molar-refractivity contribution in [1.82, 2.24) is 0 Å². The maximum Gasteiger partial charge on any atom is 0.314 e. The molecule has 0 unspecified atom stereocenters. The number of hydrogen-bond donors (Lipinski definition) is 0. The van der Waals surface area contributed by atoms with E-state index in [0.29, 0.717) is 24.7 Å². The van der Waals surface area contributed by atoms with Gasteiger partial charge in [0.1, 0.15) is 22.4 Å². The molecule has 0 aromatic heterocycles. The third kappa shape index (κ3) is 5.80. The summed E-state index contributed by atoms with van der Waals surface area (Å²) >= 11 is 5.48. The zero-order valence-electron chi connectivity index (χ0n) is 18.6. The summed E-state index contributed by atoms with van der Waals surface area (Å²) in [5, 5.41) is -0.601. The van der Waals surface area contributed by atoms with Crippen LogP contribution in [-0.2, 0) is 11.2 Å². The summed E-state index contributed by atoms with van der Waals surface area (Å²) < 4.78 is 32.4. The second-order valence-electron chi connectivity index (χ2n) is 8.93. The van der Waals surface area contributed by atoms with Gasteiger partial charge < -0.3 is 4.74 Å². The fourth-order valence-corrected chi connectivity index (χ4v) is 4.74. The van der Waals surface area contributed by atoms with Gasteiger partial charge in [-0.3, -0.25) is 4.79 Å². The maximum absolute atomic E-state index is 13.6. The second-order valence-corrected chi connectivity index (χ2v) is 9.31. The molecule has 1 fully saturated rings. The first-order chi connectivity index (χ1) is 15.9. The molecule has 1 saturated carbocycles. The molecule has 0 N–H and O–H groups in total. The van der Waals surface area contributed by atoms with Gasteiger partial charge in [0.15, 0.2) is 0 Å². The van der Waals surface area contributed by atoms with Crippen LogP contribution in [0.15, 0.2) is 66.7 Å². The highest BCUT2D eigenvalue weighted by molar-refractivity contribution is 6.30. The van der Waals surface area contributed by atoms with Crippen LogP contribution in [0.3, 0.4) is 0 Å². The van der Waals surface area contributed by atoms with Crippen molar-refractivity contribution in [2.24, 2.45) is 5.92 Å². The zero-order chi connectivity index (χ0) is 23.4. The van der Waals surface area contributed by atoms with E-state index in [-0.39, 0.29) is 11.7 Å². The fourth-order valence-electron chi connectivity index (χ4n) is 4.63. The van der Waals surface area contributed by atoms with Crippen LogP contribution in [0.5, 0.6) is 5.75 Å². The normalized spacial score (nSPS) is 19.2. The molecule has 3 aromatic carbocycles. The number of carbonyl (C=O) groups is 1. The fraction of sp³-hybridized carbons (Fsp3) is 0.321. The van der Waals surface area contributed by atoms with Gasteiger partial charge in [-0.2, -0.15) is 0 Å². The van der Waals surface area contributed by atoms with Crippen LogP contribution in [-0.4, -0.2) is 5.97 Å². The van der Waals surface area contributed by atoms with Gasteiger partial charge in [0, 0.05) is 12.1 Å². The Bertz CT molecular complexity index is 1070. The molecule has 1 aliphatic carbocycles. The first-order valence-electron chi connectivity index (χ1n) is 11.4. The summed E-state index contributed by atoms with van der Waals surface area (Å²) in [6, 6.07) is 21.2. The van der Waals surface area contributed by atoms with Crippen LogP contribution in [0, 0.1) is 17.6 Å². The number of hydrogen-bond acceptors (Lipinski definition) is 2. The van der Waals surface area contributed by atoms with E-state index < -0.39 is 22.6 Å². The molecule has 2 nitrogen and oxygen atoms in total. The first-order valence-corrected chi connectivity index (χ1v) is 11.8. The van der Waals surface area contributed by atoms with Crippen molar-refractivity contribution in [3.05, 3.63) is 100 Å². The lowest BCUT2D eigenvalue weighted by Gasteiger charge is -2.27. The minimum Gasteiger partial charge on any atom is -0.426 e. The highest BCUT2D eigenvalue weighted by Crippen LogP contribution is 2.37. The summed E-state index contributed by atoms with van der Waals surface area (Å²) in [7, 11) is 0. The van der Waals surface area contributed by atoms with Crippen molar-refractivity contribution in [3.8, 4) is 5.75 Å². The van der Waals surface area contributed by atoms with Crippen molar-refractivity contribution in [2.75, 3.05) is 0 Å². The van der Waals surface area contributed by atoms with Crippen molar-refractivity contribution in [2.45, 2.75) is 50.9 Å². The Morgan fingerprint density at radius 3 is 2.18 bits per heavy atom. The molecular formula is C28H27ClF2O2. The molecule has 1 atom stereocenters. The Balaban J connectivity index is 1.30. The molecule has 0 heterocycles. The smallest absolute Gasteiger partial charge is 0.314 e. The molecule has 33 heavy (non-hydrogen) atoms. The van der Waals surface area contributed by atoms with Crippen LogP contribution in [0.2, 0.25) is 5.02 Å². The molecule has 5 heteroatoms. The third-order valence-electron chi connectivity index (χ3n) is 6.60. The molecule has 1 aliphatic rings. The number of benzene rings is 3. The maximum atomic E-state index is 13.6. The average Bonchev–Trinajstić information content (AvgIpc) is 2.83. The van der Waals surface area contributed by atoms with E-state index in [1.54, 1.807) is 0 Å². The van der Waals surface area contributed by atoms with Crippen LogP contribution in [0.4, 0.5) is 8.78 Å². The van der Waals surface area contributed by atoms with Crippen LogP contribution >= 0.6 is 11.6 Å². The predicted molar refractivity (Wildman–Crippen MR) is 127 cm³/mol. The molecule has 172 valence electrons. The van der Waals surface area contributed by atoms with Gasteiger partial charge >= 0.3 is 5.97 Å². The molecule has 0 radical (unpaired) electrons. The van der Waals surface area contributed by atoms with Crippen LogP contribution < -0.4 is 4.74 Å². The molecular weight excluding hydrogens is 442 g/mol. The average molecular weight is 469 g/mol. The topological polar surface area (TPSA) is 26.3 Å². The Morgan fingerprint density at radius 2 is 1.58 bits per heavy atom. The van der Waals surface area contributed by atoms with E-state index in [0.717, 1.165) is 31.4 Å². The largest absolute Gasteiger partial charge is 0.426 e. The molecule has 3 aromatic rings. The number of ether oxygens (including phenoxy) is 1. The summed E-state index contributed by atoms with van der Waals surface area (Å²) in [5.74, 6) is -1.88. The molecule has 0 spiro atoms. The van der Waals surface area contributed by atoms with Gasteiger partial charge in [0.25, 0.3) is 0 Å². The van der Waals surface area contributed by atoms with Gasteiger partial charge in [-0.15, -0.1) is 0 Å². The predicted octanol–water partition coefficient (Wildman–Crippen LogP) is 7.84. The summed E-state index contributed by atoms with van der Waals surface area (Å²) in [5.41, 5.74) is 3.95. The molecule has 0 bridgehead atoms. The van der Waals surface area contributed by atoms with E-state index in [1.165, 1.54) is 16.7 Å². The monoisotopic (exact) mass is 468 g/mol. The van der Waals surface area contributed by atoms with Crippen LogP contribution in [0.25, 0.3) is 0 Å². The van der Waals surface area contributed by atoms with E-state index in [1.807, 2.05) is 6.07 Å². The molecule has 0 amide bonds. The highest BCUT2D eigenvalue weighted by Gasteiger charge is 2.29. The second kappa shape index (κ2) is 10.5. The Morgan fingerprint density at radius 1 is 0.970 bits per heavy atom. The number of esters is 1.